The first kappa shape index (κ1) is 7.68. The zero-order valence-corrected chi connectivity index (χ0v) is 7.34. The first-order valence-corrected chi connectivity index (χ1v) is 4.17. The maximum absolute atomic E-state index is 5.92. The van der Waals surface area contributed by atoms with E-state index in [0.717, 1.165) is 12.8 Å². The van der Waals surface area contributed by atoms with Crippen molar-refractivity contribution in [1.29, 1.82) is 0 Å². The molecule has 0 saturated heterocycles. The minimum atomic E-state index is 0.196. The lowest BCUT2D eigenvalue weighted by atomic mass is 9.92. The summed E-state index contributed by atoms with van der Waals surface area (Å²) in [5.74, 6) is 0. The van der Waals surface area contributed by atoms with Crippen LogP contribution in [0.1, 0.15) is 26.7 Å². The Kier molecular flexibility index (Phi) is 1.98. The second-order valence-corrected chi connectivity index (χ2v) is 4.73. The smallest absolute Gasteiger partial charge is 0.0505 e. The van der Waals surface area contributed by atoms with Gasteiger partial charge in [0.05, 0.1) is 10.8 Å². The largest absolute Gasteiger partial charge is 0.121 e. The van der Waals surface area contributed by atoms with Crippen molar-refractivity contribution < 1.29 is 0 Å². The quantitative estimate of drug-likeness (QED) is 0.486. The summed E-state index contributed by atoms with van der Waals surface area (Å²) < 4.78 is 0. The van der Waals surface area contributed by atoms with Gasteiger partial charge in [-0.1, -0.05) is 13.8 Å². The minimum Gasteiger partial charge on any atom is -0.121 e. The average Bonchev–Trinajstić information content (AvgIpc) is 1.79. The van der Waals surface area contributed by atoms with Crippen LogP contribution in [0.3, 0.4) is 0 Å². The zero-order chi connectivity index (χ0) is 7.07. The molecule has 1 saturated carbocycles. The standard InChI is InChI=1S/C7H12Cl2/c1-7(2)3-5(8)6(9)4-7/h5-6H,3-4H2,1-2H3. The molecule has 0 spiro atoms. The monoisotopic (exact) mass is 166 g/mol. The van der Waals surface area contributed by atoms with Crippen LogP contribution < -0.4 is 0 Å². The van der Waals surface area contributed by atoms with Crippen molar-refractivity contribution >= 4 is 23.2 Å². The van der Waals surface area contributed by atoms with E-state index in [1.165, 1.54) is 0 Å². The van der Waals surface area contributed by atoms with E-state index in [9.17, 15) is 0 Å². The van der Waals surface area contributed by atoms with Gasteiger partial charge in [-0.15, -0.1) is 23.2 Å². The molecule has 1 aliphatic carbocycles. The number of alkyl halides is 2. The van der Waals surface area contributed by atoms with Crippen LogP contribution in [-0.2, 0) is 0 Å². The molecule has 0 amide bonds. The lowest BCUT2D eigenvalue weighted by molar-refractivity contribution is 0.383. The molecule has 0 N–H and O–H groups in total. The Hall–Kier alpha value is 0.580. The van der Waals surface area contributed by atoms with Crippen LogP contribution in [-0.4, -0.2) is 10.8 Å². The summed E-state index contributed by atoms with van der Waals surface area (Å²) in [6, 6.07) is 0. The molecule has 0 nitrogen and oxygen atoms in total. The van der Waals surface area contributed by atoms with Crippen molar-refractivity contribution in [3.8, 4) is 0 Å². The topological polar surface area (TPSA) is 0 Å². The van der Waals surface area contributed by atoms with Gasteiger partial charge in [-0.25, -0.2) is 0 Å². The summed E-state index contributed by atoms with van der Waals surface area (Å²) in [6.45, 7) is 4.43. The highest BCUT2D eigenvalue weighted by Gasteiger charge is 2.36. The van der Waals surface area contributed by atoms with Crippen LogP contribution in [0.25, 0.3) is 0 Å². The molecule has 0 aromatic rings. The van der Waals surface area contributed by atoms with Crippen LogP contribution in [0.15, 0.2) is 0 Å². The molecule has 0 aromatic heterocycles. The van der Waals surface area contributed by atoms with Gasteiger partial charge in [0.15, 0.2) is 0 Å². The lowest BCUT2D eigenvalue weighted by Crippen LogP contribution is -2.04. The van der Waals surface area contributed by atoms with E-state index < -0.39 is 0 Å². The van der Waals surface area contributed by atoms with Gasteiger partial charge in [0, 0.05) is 0 Å². The maximum atomic E-state index is 5.92. The van der Waals surface area contributed by atoms with Crippen LogP contribution in [0.4, 0.5) is 0 Å². The average molecular weight is 167 g/mol. The van der Waals surface area contributed by atoms with Crippen LogP contribution in [0, 0.1) is 5.41 Å². The summed E-state index contributed by atoms with van der Waals surface area (Å²) in [5.41, 5.74) is 0.374. The highest BCUT2D eigenvalue weighted by atomic mass is 35.5. The molecule has 2 unspecified atom stereocenters. The highest BCUT2D eigenvalue weighted by Crippen LogP contribution is 2.42. The third-order valence-electron chi connectivity index (χ3n) is 1.89. The van der Waals surface area contributed by atoms with E-state index in [4.69, 9.17) is 23.2 Å². The number of rotatable bonds is 0. The van der Waals surface area contributed by atoms with Crippen LogP contribution in [0.5, 0.6) is 0 Å². The Morgan fingerprint density at radius 2 is 1.44 bits per heavy atom. The van der Waals surface area contributed by atoms with Crippen molar-refractivity contribution in [2.24, 2.45) is 5.41 Å². The fraction of sp³-hybridized carbons (Fsp3) is 1.00. The molecule has 54 valence electrons. The van der Waals surface area contributed by atoms with Gasteiger partial charge in [-0.3, -0.25) is 0 Å². The number of hydrogen-bond donors (Lipinski definition) is 0. The Morgan fingerprint density at radius 3 is 1.56 bits per heavy atom. The fourth-order valence-electron chi connectivity index (χ4n) is 1.39. The highest BCUT2D eigenvalue weighted by molar-refractivity contribution is 6.30. The molecule has 0 radical (unpaired) electrons. The second-order valence-electron chi connectivity index (χ2n) is 3.60. The van der Waals surface area contributed by atoms with Crippen molar-refractivity contribution in [2.45, 2.75) is 37.4 Å². The predicted molar refractivity (Wildman–Crippen MR) is 42.3 cm³/mol. The normalized spacial score (nSPS) is 41.3. The lowest BCUT2D eigenvalue weighted by Gasteiger charge is -2.14. The molecule has 1 rings (SSSR count). The van der Waals surface area contributed by atoms with Gasteiger partial charge < -0.3 is 0 Å². The maximum Gasteiger partial charge on any atom is 0.0505 e. The van der Waals surface area contributed by atoms with Gasteiger partial charge in [0.2, 0.25) is 0 Å². The molecule has 0 aromatic carbocycles. The third-order valence-corrected chi connectivity index (χ3v) is 2.93. The van der Waals surface area contributed by atoms with Gasteiger partial charge in [-0.05, 0) is 18.3 Å². The van der Waals surface area contributed by atoms with Crippen molar-refractivity contribution in [3.63, 3.8) is 0 Å². The molecule has 1 fully saturated rings. The third kappa shape index (κ3) is 1.75. The van der Waals surface area contributed by atoms with Crippen LogP contribution >= 0.6 is 23.2 Å². The number of hydrogen-bond acceptors (Lipinski definition) is 0. The first-order chi connectivity index (χ1) is 4.01. The minimum absolute atomic E-state index is 0.196. The van der Waals surface area contributed by atoms with E-state index >= 15 is 0 Å². The van der Waals surface area contributed by atoms with E-state index in [1.54, 1.807) is 0 Å². The zero-order valence-electron chi connectivity index (χ0n) is 5.82. The molecular weight excluding hydrogens is 155 g/mol. The van der Waals surface area contributed by atoms with E-state index in [2.05, 4.69) is 13.8 Å². The van der Waals surface area contributed by atoms with E-state index in [1.807, 2.05) is 0 Å². The summed E-state index contributed by atoms with van der Waals surface area (Å²) in [6.07, 6.45) is 2.12. The van der Waals surface area contributed by atoms with Gasteiger partial charge in [0.25, 0.3) is 0 Å². The molecule has 2 heteroatoms. The Labute approximate surface area is 66.5 Å². The summed E-state index contributed by atoms with van der Waals surface area (Å²) in [4.78, 5) is 0. The van der Waals surface area contributed by atoms with Gasteiger partial charge in [-0.2, -0.15) is 0 Å². The number of halogens is 2. The molecular formula is C7H12Cl2. The Morgan fingerprint density at radius 1 is 1.11 bits per heavy atom. The molecule has 2 atom stereocenters. The predicted octanol–water partition coefficient (Wildman–Crippen LogP) is 3.02. The molecule has 0 heterocycles. The first-order valence-electron chi connectivity index (χ1n) is 3.29. The van der Waals surface area contributed by atoms with Crippen molar-refractivity contribution in [3.05, 3.63) is 0 Å². The van der Waals surface area contributed by atoms with Crippen LogP contribution in [0.2, 0.25) is 0 Å². The Balaban J connectivity index is 2.54. The summed E-state index contributed by atoms with van der Waals surface area (Å²) in [5, 5.41) is 0.392. The van der Waals surface area contributed by atoms with E-state index in [0.29, 0.717) is 5.41 Å². The molecule has 0 bridgehead atoms. The van der Waals surface area contributed by atoms with Gasteiger partial charge >= 0.3 is 0 Å². The molecule has 9 heavy (non-hydrogen) atoms. The van der Waals surface area contributed by atoms with Crippen molar-refractivity contribution in [2.75, 3.05) is 0 Å². The molecule has 0 aliphatic heterocycles. The van der Waals surface area contributed by atoms with E-state index in [-0.39, 0.29) is 10.8 Å². The second kappa shape index (κ2) is 2.32. The Bertz CT molecular complexity index is 97.5. The fourth-order valence-corrected chi connectivity index (χ4v) is 2.41. The summed E-state index contributed by atoms with van der Waals surface area (Å²) >= 11 is 11.8. The van der Waals surface area contributed by atoms with Gasteiger partial charge in [0.1, 0.15) is 0 Å². The van der Waals surface area contributed by atoms with Crippen molar-refractivity contribution in [1.82, 2.24) is 0 Å². The molecule has 1 aliphatic rings. The SMILES string of the molecule is CC1(C)CC(Cl)C(Cl)C1. The summed E-state index contributed by atoms with van der Waals surface area (Å²) in [7, 11) is 0.